The van der Waals surface area contributed by atoms with Gasteiger partial charge in [0.05, 0.1) is 13.0 Å². The van der Waals surface area contributed by atoms with E-state index >= 15 is 0 Å². The fraction of sp³-hybridized carbons (Fsp3) is 0.289. The molecule has 0 spiro atoms. The van der Waals surface area contributed by atoms with Crippen molar-refractivity contribution in [2.45, 2.75) is 50.3 Å². The van der Waals surface area contributed by atoms with E-state index < -0.39 is 41.1 Å². The average Bonchev–Trinajstić information content (AvgIpc) is 3.11. The van der Waals surface area contributed by atoms with Crippen molar-refractivity contribution >= 4 is 53.2 Å². The van der Waals surface area contributed by atoms with Gasteiger partial charge in [-0.2, -0.15) is 0 Å². The number of fused-ring (bicyclic) bond motifs is 1. The van der Waals surface area contributed by atoms with Crippen LogP contribution in [0.15, 0.2) is 118 Å². The number of hydrogen-bond acceptors (Lipinski definition) is 9. The Kier molecular flexibility index (Phi) is 12.6. The summed E-state index contributed by atoms with van der Waals surface area (Å²) in [4.78, 5) is 58.9. The van der Waals surface area contributed by atoms with Crippen molar-refractivity contribution < 1.29 is 28.7 Å². The molecule has 2 atom stereocenters. The van der Waals surface area contributed by atoms with Crippen molar-refractivity contribution in [3.05, 3.63) is 130 Å². The first-order valence-electron chi connectivity index (χ1n) is 16.4. The number of nitrogens with two attached hydrogens (primary N) is 1. The number of amidine groups is 1. The molecule has 0 saturated carbocycles. The van der Waals surface area contributed by atoms with Gasteiger partial charge in [0.15, 0.2) is 6.10 Å². The van der Waals surface area contributed by atoms with E-state index in [4.69, 9.17) is 15.2 Å². The van der Waals surface area contributed by atoms with Crippen molar-refractivity contribution in [1.29, 1.82) is 0 Å². The quantitative estimate of drug-likeness (QED) is 0.0700. The normalized spacial score (nSPS) is 17.5. The number of nitrogens with zero attached hydrogens (tertiary/aromatic N) is 2. The van der Waals surface area contributed by atoms with Gasteiger partial charge >= 0.3 is 12.1 Å². The number of benzene rings is 3. The van der Waals surface area contributed by atoms with E-state index in [1.165, 1.54) is 28.4 Å². The molecule has 0 bridgehead atoms. The zero-order valence-corrected chi connectivity index (χ0v) is 30.2. The summed E-state index contributed by atoms with van der Waals surface area (Å²) in [5.41, 5.74) is 8.00. The fourth-order valence-corrected chi connectivity index (χ4v) is 7.66. The van der Waals surface area contributed by atoms with Crippen LogP contribution in [0.4, 0.5) is 4.79 Å². The molecule has 1 unspecified atom stereocenters. The lowest BCUT2D eigenvalue weighted by molar-refractivity contribution is -0.154. The van der Waals surface area contributed by atoms with Crippen LogP contribution < -0.4 is 16.4 Å². The van der Waals surface area contributed by atoms with Gasteiger partial charge in [-0.3, -0.25) is 19.5 Å². The van der Waals surface area contributed by atoms with E-state index in [-0.39, 0.29) is 37.0 Å². The zero-order chi connectivity index (χ0) is 36.4. The molecule has 2 aliphatic heterocycles. The van der Waals surface area contributed by atoms with Gasteiger partial charge < -0.3 is 25.8 Å². The number of aliphatic imine (C=N–C) groups is 1. The van der Waals surface area contributed by atoms with Crippen LogP contribution in [0.2, 0.25) is 0 Å². The average molecular weight is 728 g/mol. The van der Waals surface area contributed by atoms with Crippen molar-refractivity contribution in [1.82, 2.24) is 15.5 Å². The molecule has 0 aliphatic carbocycles. The Balaban J connectivity index is 1.33. The van der Waals surface area contributed by atoms with Gasteiger partial charge in [0.2, 0.25) is 5.91 Å². The lowest BCUT2D eigenvalue weighted by Crippen LogP contribution is -2.70. The Morgan fingerprint density at radius 2 is 1.61 bits per heavy atom. The van der Waals surface area contributed by atoms with Crippen LogP contribution in [-0.4, -0.2) is 70.5 Å². The van der Waals surface area contributed by atoms with Crippen LogP contribution in [0, 0.1) is 0 Å². The van der Waals surface area contributed by atoms with Gasteiger partial charge in [0.25, 0.3) is 5.91 Å². The first-order chi connectivity index (χ1) is 24.5. The Bertz CT molecular complexity index is 1760. The maximum absolute atomic E-state index is 14.2. The number of carbonyl (C=O) groups excluding carboxylic acids is 4. The van der Waals surface area contributed by atoms with Gasteiger partial charge in [-0.1, -0.05) is 103 Å². The number of amides is 3. The van der Waals surface area contributed by atoms with Crippen molar-refractivity contribution in [2.24, 2.45) is 10.7 Å². The minimum absolute atomic E-state index is 0.126. The van der Waals surface area contributed by atoms with E-state index in [1.54, 1.807) is 32.3 Å². The first-order valence-corrected chi connectivity index (χ1v) is 18.3. The largest absolute Gasteiger partial charge is 0.448 e. The Morgan fingerprint density at radius 3 is 2.22 bits per heavy atom. The summed E-state index contributed by atoms with van der Waals surface area (Å²) >= 11 is 2.69. The highest BCUT2D eigenvalue weighted by Gasteiger charge is 2.54. The molecule has 51 heavy (non-hydrogen) atoms. The minimum Gasteiger partial charge on any atom is -0.448 e. The molecular weight excluding hydrogens is 687 g/mol. The third kappa shape index (κ3) is 10.3. The highest BCUT2D eigenvalue weighted by Crippen LogP contribution is 2.44. The van der Waals surface area contributed by atoms with Gasteiger partial charge in [-0.05, 0) is 48.9 Å². The number of carbonyl (C=O) groups is 4. The summed E-state index contributed by atoms with van der Waals surface area (Å²) in [5, 5.41) is 6.71. The van der Waals surface area contributed by atoms with Crippen molar-refractivity contribution in [2.75, 3.05) is 18.8 Å². The summed E-state index contributed by atoms with van der Waals surface area (Å²) in [6, 6.07) is 27.3. The number of nitrogens with one attached hydrogen (secondary N) is 2. The summed E-state index contributed by atoms with van der Waals surface area (Å²) in [5.74, 6) is -0.727. The van der Waals surface area contributed by atoms with Crippen LogP contribution >= 0.6 is 23.5 Å². The number of hydrogen-bond donors (Lipinski definition) is 3. The number of esters is 1. The molecule has 3 amide bonds. The fourth-order valence-electron chi connectivity index (χ4n) is 5.32. The van der Waals surface area contributed by atoms with Crippen molar-refractivity contribution in [3.8, 4) is 0 Å². The van der Waals surface area contributed by atoms with Crippen LogP contribution in [0.25, 0.3) is 0 Å². The monoisotopic (exact) mass is 727 g/mol. The summed E-state index contributed by atoms with van der Waals surface area (Å²) in [7, 11) is 0. The van der Waals surface area contributed by atoms with E-state index in [9.17, 15) is 19.2 Å². The summed E-state index contributed by atoms with van der Waals surface area (Å²) in [6.45, 7) is 5.81. The first kappa shape index (κ1) is 37.3. The SMILES string of the molecule is CC(C)(C)OC(=O)NCCN=C(N)/C=C/SC1=C(C(=O)OC(c2ccccc2)c2ccccc2)N2C(=O)C(NC(=O)Cc3ccccc3)[C@H]2SC1. The highest BCUT2D eigenvalue weighted by atomic mass is 32.2. The zero-order valence-electron chi connectivity index (χ0n) is 28.6. The molecule has 1 fully saturated rings. The van der Waals surface area contributed by atoms with Gasteiger partial charge in [0.1, 0.15) is 28.5 Å². The van der Waals surface area contributed by atoms with Gasteiger partial charge in [-0.25, -0.2) is 9.59 Å². The molecule has 3 aromatic rings. The number of alkyl carbamates (subject to hydrolysis) is 1. The molecule has 4 N–H and O–H groups in total. The third-order valence-electron chi connectivity index (χ3n) is 7.60. The van der Waals surface area contributed by atoms with E-state index in [2.05, 4.69) is 15.6 Å². The molecular formula is C38H41N5O6S2. The van der Waals surface area contributed by atoms with Crippen molar-refractivity contribution in [3.63, 3.8) is 0 Å². The summed E-state index contributed by atoms with van der Waals surface area (Å²) in [6.07, 6.45) is 0.458. The van der Waals surface area contributed by atoms with Crippen LogP contribution in [0.3, 0.4) is 0 Å². The summed E-state index contributed by atoms with van der Waals surface area (Å²) < 4.78 is 11.4. The second-order valence-electron chi connectivity index (χ2n) is 12.7. The maximum Gasteiger partial charge on any atom is 0.407 e. The maximum atomic E-state index is 14.2. The molecule has 1 saturated heterocycles. The van der Waals surface area contributed by atoms with E-state index in [1.807, 2.05) is 91.0 Å². The molecule has 13 heteroatoms. The van der Waals surface area contributed by atoms with Crippen LogP contribution in [0.5, 0.6) is 0 Å². The second-order valence-corrected chi connectivity index (χ2v) is 14.8. The third-order valence-corrected chi connectivity index (χ3v) is 9.96. The number of rotatable bonds is 13. The topological polar surface area (TPSA) is 152 Å². The van der Waals surface area contributed by atoms with E-state index in [0.717, 1.165) is 16.7 Å². The molecule has 3 aromatic carbocycles. The predicted octanol–water partition coefficient (Wildman–Crippen LogP) is 5.30. The second kappa shape index (κ2) is 17.3. The predicted molar refractivity (Wildman–Crippen MR) is 200 cm³/mol. The molecule has 0 aromatic heterocycles. The number of ether oxygens (including phenoxy) is 2. The molecule has 266 valence electrons. The van der Waals surface area contributed by atoms with Crippen LogP contribution in [0.1, 0.15) is 43.6 Å². The molecule has 5 rings (SSSR count). The lowest BCUT2D eigenvalue weighted by atomic mass is 10.0. The number of thioether (sulfide) groups is 2. The smallest absolute Gasteiger partial charge is 0.407 e. The highest BCUT2D eigenvalue weighted by molar-refractivity contribution is 8.08. The molecule has 2 heterocycles. The minimum atomic E-state index is -0.785. The molecule has 0 radical (unpaired) electrons. The Labute approximate surface area is 306 Å². The molecule has 2 aliphatic rings. The van der Waals surface area contributed by atoms with E-state index in [0.29, 0.717) is 10.7 Å². The standard InChI is InChI=1S/C38H41N5O6S2/c1-38(2,3)49-37(47)41-21-20-40-29(39)19-22-50-28-24-51-35-31(42-30(44)23-25-13-7-4-8-14-25)34(45)43(35)32(28)36(46)48-33(26-15-9-5-10-16-26)27-17-11-6-12-18-27/h4-19,22,31,33,35H,20-21,23-24H2,1-3H3,(H2,39,40)(H,41,47)(H,42,44)/b22-19+/t31?,35-/m1/s1. The Morgan fingerprint density at radius 1 is 1.00 bits per heavy atom. The number of β-lactam (4-membered cyclic amide) rings is 1. The Hall–Kier alpha value is -5.01. The van der Waals surface area contributed by atoms with Gasteiger partial charge in [0, 0.05) is 17.2 Å². The van der Waals surface area contributed by atoms with Crippen LogP contribution in [-0.2, 0) is 30.3 Å². The van der Waals surface area contributed by atoms with Gasteiger partial charge in [-0.15, -0.1) is 11.8 Å². The molecule has 11 nitrogen and oxygen atoms in total. The lowest BCUT2D eigenvalue weighted by Gasteiger charge is -2.49.